The van der Waals surface area contributed by atoms with Gasteiger partial charge in [0.05, 0.1) is 7.11 Å². The molecule has 2 nitrogen and oxygen atoms in total. The minimum Gasteiger partial charge on any atom is -0.497 e. The Morgan fingerprint density at radius 1 is 1.32 bits per heavy atom. The van der Waals surface area contributed by atoms with Gasteiger partial charge in [0.2, 0.25) is 0 Å². The van der Waals surface area contributed by atoms with Crippen molar-refractivity contribution in [3.8, 4) is 5.75 Å². The lowest BCUT2D eigenvalue weighted by atomic mass is 9.86. The molecule has 0 spiro atoms. The van der Waals surface area contributed by atoms with Crippen molar-refractivity contribution in [2.45, 2.75) is 52.5 Å². The predicted octanol–water partition coefficient (Wildman–Crippen LogP) is 3.58. The molecule has 0 aromatic heterocycles. The van der Waals surface area contributed by atoms with Crippen LogP contribution in [0.2, 0.25) is 0 Å². The van der Waals surface area contributed by atoms with Crippen LogP contribution >= 0.6 is 0 Å². The molecule has 2 heteroatoms. The van der Waals surface area contributed by atoms with Crippen LogP contribution in [0.5, 0.6) is 5.75 Å². The van der Waals surface area contributed by atoms with Crippen molar-refractivity contribution in [3.05, 3.63) is 29.3 Å². The van der Waals surface area contributed by atoms with Crippen LogP contribution in [0.15, 0.2) is 18.2 Å². The first-order chi connectivity index (χ1) is 9.04. The fourth-order valence-electron chi connectivity index (χ4n) is 2.58. The zero-order valence-electron chi connectivity index (χ0n) is 12.8. The number of benzene rings is 1. The number of aryl methyl sites for hydroxylation is 1. The molecule has 1 aromatic carbocycles. The van der Waals surface area contributed by atoms with Crippen LogP contribution in [0.1, 0.15) is 44.7 Å². The molecule has 0 amide bonds. The highest BCUT2D eigenvalue weighted by Crippen LogP contribution is 2.26. The number of methoxy groups -OCH3 is 1. The SMILES string of the molecule is CCC(C)(C)CNC1CCc2ccc(OC)cc2C1. The van der Waals surface area contributed by atoms with Crippen molar-refractivity contribution in [3.63, 3.8) is 0 Å². The largest absolute Gasteiger partial charge is 0.497 e. The molecular formula is C17H27NO. The summed E-state index contributed by atoms with van der Waals surface area (Å²) in [5.41, 5.74) is 3.35. The molecule has 1 aliphatic rings. The van der Waals surface area contributed by atoms with Crippen molar-refractivity contribution in [2.24, 2.45) is 5.41 Å². The molecule has 0 fully saturated rings. The summed E-state index contributed by atoms with van der Waals surface area (Å²) in [5, 5.41) is 3.75. The van der Waals surface area contributed by atoms with Gasteiger partial charge in [-0.05, 0) is 54.4 Å². The molecule has 1 aliphatic carbocycles. The Morgan fingerprint density at radius 3 is 2.79 bits per heavy atom. The molecule has 0 heterocycles. The average molecular weight is 261 g/mol. The molecular weight excluding hydrogens is 234 g/mol. The lowest BCUT2D eigenvalue weighted by Gasteiger charge is -2.30. The average Bonchev–Trinajstić information content (AvgIpc) is 2.44. The maximum Gasteiger partial charge on any atom is 0.119 e. The molecule has 19 heavy (non-hydrogen) atoms. The van der Waals surface area contributed by atoms with Gasteiger partial charge in [-0.25, -0.2) is 0 Å². The highest BCUT2D eigenvalue weighted by atomic mass is 16.5. The lowest BCUT2D eigenvalue weighted by Crippen LogP contribution is -2.40. The molecule has 0 aliphatic heterocycles. The zero-order chi connectivity index (χ0) is 13.9. The summed E-state index contributed by atoms with van der Waals surface area (Å²) >= 11 is 0. The maximum absolute atomic E-state index is 5.33. The monoisotopic (exact) mass is 261 g/mol. The highest BCUT2D eigenvalue weighted by Gasteiger charge is 2.21. The van der Waals surface area contributed by atoms with Gasteiger partial charge in [0.25, 0.3) is 0 Å². The quantitative estimate of drug-likeness (QED) is 0.874. The van der Waals surface area contributed by atoms with E-state index < -0.39 is 0 Å². The predicted molar refractivity (Wildman–Crippen MR) is 80.9 cm³/mol. The van der Waals surface area contributed by atoms with E-state index in [4.69, 9.17) is 4.74 Å². The molecule has 0 saturated heterocycles. The smallest absolute Gasteiger partial charge is 0.119 e. The topological polar surface area (TPSA) is 21.3 Å². The highest BCUT2D eigenvalue weighted by molar-refractivity contribution is 5.37. The summed E-state index contributed by atoms with van der Waals surface area (Å²) in [6, 6.07) is 7.12. The summed E-state index contributed by atoms with van der Waals surface area (Å²) in [5.74, 6) is 0.980. The van der Waals surface area contributed by atoms with Gasteiger partial charge >= 0.3 is 0 Å². The van der Waals surface area contributed by atoms with E-state index in [1.165, 1.54) is 30.4 Å². The molecule has 1 aromatic rings. The zero-order valence-corrected chi connectivity index (χ0v) is 12.8. The Kier molecular flexibility index (Phi) is 4.51. The van der Waals surface area contributed by atoms with E-state index in [1.54, 1.807) is 7.11 Å². The fourth-order valence-corrected chi connectivity index (χ4v) is 2.58. The molecule has 106 valence electrons. The second-order valence-electron chi connectivity index (χ2n) is 6.47. The number of hydrogen-bond donors (Lipinski definition) is 1. The number of ether oxygens (including phenoxy) is 1. The third kappa shape index (κ3) is 3.73. The fraction of sp³-hybridized carbons (Fsp3) is 0.647. The summed E-state index contributed by atoms with van der Waals surface area (Å²) in [6.45, 7) is 8.04. The number of hydrogen-bond acceptors (Lipinski definition) is 2. The summed E-state index contributed by atoms with van der Waals surface area (Å²) in [7, 11) is 1.74. The molecule has 1 N–H and O–H groups in total. The minimum absolute atomic E-state index is 0.397. The molecule has 1 unspecified atom stereocenters. The van der Waals surface area contributed by atoms with E-state index in [1.807, 2.05) is 0 Å². The van der Waals surface area contributed by atoms with Crippen molar-refractivity contribution in [1.82, 2.24) is 5.32 Å². The Morgan fingerprint density at radius 2 is 2.11 bits per heavy atom. The van der Waals surface area contributed by atoms with Crippen molar-refractivity contribution < 1.29 is 4.74 Å². The van der Waals surface area contributed by atoms with E-state index in [2.05, 4.69) is 44.3 Å². The van der Waals surface area contributed by atoms with E-state index in [0.717, 1.165) is 18.7 Å². The van der Waals surface area contributed by atoms with Crippen LogP contribution in [0, 0.1) is 5.41 Å². The van der Waals surface area contributed by atoms with Crippen LogP contribution in [-0.4, -0.2) is 19.7 Å². The second kappa shape index (κ2) is 5.96. The third-order valence-electron chi connectivity index (χ3n) is 4.47. The van der Waals surface area contributed by atoms with Gasteiger partial charge in [0.15, 0.2) is 0 Å². The first-order valence-electron chi connectivity index (χ1n) is 7.43. The van der Waals surface area contributed by atoms with E-state index in [-0.39, 0.29) is 0 Å². The van der Waals surface area contributed by atoms with Gasteiger partial charge in [-0.1, -0.05) is 26.8 Å². The third-order valence-corrected chi connectivity index (χ3v) is 4.47. The van der Waals surface area contributed by atoms with Crippen molar-refractivity contribution in [1.29, 1.82) is 0 Å². The maximum atomic E-state index is 5.33. The minimum atomic E-state index is 0.397. The molecule has 0 bridgehead atoms. The van der Waals surface area contributed by atoms with Gasteiger partial charge in [-0.3, -0.25) is 0 Å². The number of fused-ring (bicyclic) bond motifs is 1. The Labute approximate surface area is 117 Å². The first-order valence-corrected chi connectivity index (χ1v) is 7.43. The van der Waals surface area contributed by atoms with Crippen LogP contribution in [0.4, 0.5) is 0 Å². The van der Waals surface area contributed by atoms with Gasteiger partial charge in [-0.15, -0.1) is 0 Å². The Balaban J connectivity index is 1.97. The molecule has 0 radical (unpaired) electrons. The Hall–Kier alpha value is -1.02. The molecule has 0 saturated carbocycles. The number of rotatable bonds is 5. The lowest BCUT2D eigenvalue weighted by molar-refractivity contribution is 0.299. The second-order valence-corrected chi connectivity index (χ2v) is 6.47. The first kappa shape index (κ1) is 14.4. The molecule has 1 atom stereocenters. The summed E-state index contributed by atoms with van der Waals surface area (Å²) < 4.78 is 5.33. The van der Waals surface area contributed by atoms with Gasteiger partial charge in [-0.2, -0.15) is 0 Å². The van der Waals surface area contributed by atoms with Crippen molar-refractivity contribution >= 4 is 0 Å². The molecule has 2 rings (SSSR count). The van der Waals surface area contributed by atoms with Crippen molar-refractivity contribution in [2.75, 3.05) is 13.7 Å². The van der Waals surface area contributed by atoms with Gasteiger partial charge in [0, 0.05) is 12.6 Å². The van der Waals surface area contributed by atoms with Crippen LogP contribution in [0.25, 0.3) is 0 Å². The van der Waals surface area contributed by atoms with Crippen LogP contribution in [-0.2, 0) is 12.8 Å². The van der Waals surface area contributed by atoms with E-state index in [9.17, 15) is 0 Å². The van der Waals surface area contributed by atoms with Gasteiger partial charge < -0.3 is 10.1 Å². The van der Waals surface area contributed by atoms with Crippen LogP contribution < -0.4 is 10.1 Å². The Bertz CT molecular complexity index is 425. The standard InChI is InChI=1S/C17H27NO/c1-5-17(2,3)12-18-15-8-6-13-7-9-16(19-4)11-14(13)10-15/h7,9,11,15,18H,5-6,8,10,12H2,1-4H3. The normalized spacial score (nSPS) is 19.1. The number of nitrogens with one attached hydrogen (secondary N) is 1. The van der Waals surface area contributed by atoms with E-state index >= 15 is 0 Å². The van der Waals surface area contributed by atoms with Gasteiger partial charge in [0.1, 0.15) is 5.75 Å². The van der Waals surface area contributed by atoms with E-state index in [0.29, 0.717) is 11.5 Å². The summed E-state index contributed by atoms with van der Waals surface area (Å²) in [4.78, 5) is 0. The summed E-state index contributed by atoms with van der Waals surface area (Å²) in [6.07, 6.45) is 4.78. The van der Waals surface area contributed by atoms with Crippen LogP contribution in [0.3, 0.4) is 0 Å².